The summed E-state index contributed by atoms with van der Waals surface area (Å²) in [7, 11) is 0. The maximum Gasteiger partial charge on any atom is 0.0494 e. The van der Waals surface area contributed by atoms with Gasteiger partial charge < -0.3 is 4.74 Å². The first-order valence-corrected chi connectivity index (χ1v) is 6.55. The zero-order chi connectivity index (χ0) is 11.3. The topological polar surface area (TPSA) is 9.23 Å². The molecule has 1 aliphatic carbocycles. The Bertz CT molecular complexity index is 161. The molecule has 0 saturated heterocycles. The highest BCUT2D eigenvalue weighted by atomic mass is 16.5. The van der Waals surface area contributed by atoms with E-state index in [2.05, 4.69) is 27.7 Å². The van der Waals surface area contributed by atoms with Gasteiger partial charge in [-0.1, -0.05) is 40.5 Å². The van der Waals surface area contributed by atoms with Gasteiger partial charge in [-0.25, -0.2) is 0 Å². The van der Waals surface area contributed by atoms with E-state index in [4.69, 9.17) is 4.74 Å². The van der Waals surface area contributed by atoms with Gasteiger partial charge in [0.15, 0.2) is 0 Å². The Hall–Kier alpha value is -0.0400. The zero-order valence-corrected chi connectivity index (χ0v) is 11.0. The predicted molar refractivity (Wildman–Crippen MR) is 66.0 cm³/mol. The van der Waals surface area contributed by atoms with Crippen LogP contribution in [0.15, 0.2) is 0 Å². The molecule has 0 heterocycles. The van der Waals surface area contributed by atoms with Crippen molar-refractivity contribution in [2.45, 2.75) is 59.8 Å². The Morgan fingerprint density at radius 1 is 1.07 bits per heavy atom. The maximum atomic E-state index is 5.78. The molecule has 1 saturated carbocycles. The summed E-state index contributed by atoms with van der Waals surface area (Å²) in [6.07, 6.45) is 6.77. The molecule has 0 atom stereocenters. The van der Waals surface area contributed by atoms with E-state index in [-0.39, 0.29) is 0 Å². The molecule has 15 heavy (non-hydrogen) atoms. The van der Waals surface area contributed by atoms with Crippen LogP contribution < -0.4 is 0 Å². The first-order chi connectivity index (χ1) is 6.97. The van der Waals surface area contributed by atoms with Crippen LogP contribution in [0.25, 0.3) is 0 Å². The summed E-state index contributed by atoms with van der Waals surface area (Å²) in [6.45, 7) is 11.1. The number of hydrogen-bond acceptors (Lipinski definition) is 1. The highest BCUT2D eigenvalue weighted by Crippen LogP contribution is 2.28. The quantitative estimate of drug-likeness (QED) is 0.632. The minimum atomic E-state index is 0.418. The Morgan fingerprint density at radius 2 is 1.67 bits per heavy atom. The van der Waals surface area contributed by atoms with E-state index in [0.717, 1.165) is 25.0 Å². The van der Waals surface area contributed by atoms with Crippen LogP contribution in [0, 0.1) is 17.3 Å². The van der Waals surface area contributed by atoms with Crippen LogP contribution in [0.2, 0.25) is 0 Å². The molecule has 1 heteroatoms. The lowest BCUT2D eigenvalue weighted by molar-refractivity contribution is 0.0636. The molecule has 0 aromatic rings. The third-order valence-electron chi connectivity index (χ3n) is 3.49. The maximum absolute atomic E-state index is 5.78. The van der Waals surface area contributed by atoms with Gasteiger partial charge in [0.25, 0.3) is 0 Å². The van der Waals surface area contributed by atoms with E-state index >= 15 is 0 Å². The van der Waals surface area contributed by atoms with Crippen LogP contribution in [-0.2, 0) is 4.74 Å². The Balaban J connectivity index is 2.01. The van der Waals surface area contributed by atoms with Gasteiger partial charge in [-0.05, 0) is 36.5 Å². The molecule has 0 amide bonds. The summed E-state index contributed by atoms with van der Waals surface area (Å²) < 4.78 is 5.78. The lowest BCUT2D eigenvalue weighted by Crippen LogP contribution is -2.18. The molecule has 0 aromatic heterocycles. The number of hydrogen-bond donors (Lipinski definition) is 0. The first kappa shape index (κ1) is 13.0. The van der Waals surface area contributed by atoms with Crippen LogP contribution in [-0.4, -0.2) is 13.2 Å². The smallest absolute Gasteiger partial charge is 0.0494 e. The van der Waals surface area contributed by atoms with Crippen LogP contribution in [0.5, 0.6) is 0 Å². The Morgan fingerprint density at radius 3 is 2.20 bits per heavy atom. The summed E-state index contributed by atoms with van der Waals surface area (Å²) in [6, 6.07) is 0. The predicted octanol–water partition coefficient (Wildman–Crippen LogP) is 4.27. The molecular weight excluding hydrogens is 184 g/mol. The summed E-state index contributed by atoms with van der Waals surface area (Å²) in [5.41, 5.74) is 0.418. The molecule has 0 aromatic carbocycles. The third-order valence-corrected chi connectivity index (χ3v) is 3.49. The average molecular weight is 212 g/mol. The molecule has 0 radical (unpaired) electrons. The second kappa shape index (κ2) is 5.89. The highest BCUT2D eigenvalue weighted by molar-refractivity contribution is 4.69. The zero-order valence-electron chi connectivity index (χ0n) is 11.0. The third kappa shape index (κ3) is 6.19. The molecule has 0 unspecified atom stereocenters. The van der Waals surface area contributed by atoms with Crippen LogP contribution in [0.1, 0.15) is 59.8 Å². The van der Waals surface area contributed by atoms with Crippen molar-refractivity contribution in [2.24, 2.45) is 17.3 Å². The summed E-state index contributed by atoms with van der Waals surface area (Å²) in [5.74, 6) is 1.80. The monoisotopic (exact) mass is 212 g/mol. The fourth-order valence-corrected chi connectivity index (χ4v) is 2.12. The molecule has 1 nitrogen and oxygen atoms in total. The molecule has 0 N–H and O–H groups in total. The van der Waals surface area contributed by atoms with E-state index in [9.17, 15) is 0 Å². The van der Waals surface area contributed by atoms with Crippen LogP contribution >= 0.6 is 0 Å². The summed E-state index contributed by atoms with van der Waals surface area (Å²) >= 11 is 0. The van der Waals surface area contributed by atoms with Gasteiger partial charge >= 0.3 is 0 Å². The minimum Gasteiger partial charge on any atom is -0.381 e. The molecule has 0 bridgehead atoms. The fraction of sp³-hybridized carbons (Fsp3) is 1.00. The number of rotatable bonds is 4. The Labute approximate surface area is 95.6 Å². The van der Waals surface area contributed by atoms with Gasteiger partial charge in [0.2, 0.25) is 0 Å². The van der Waals surface area contributed by atoms with Crippen molar-refractivity contribution in [3.8, 4) is 0 Å². The highest BCUT2D eigenvalue weighted by Gasteiger charge is 2.18. The van der Waals surface area contributed by atoms with Gasteiger partial charge in [0.05, 0.1) is 0 Å². The standard InChI is InChI=1S/C14H28O/c1-12-5-7-13(8-6-12)11-15-10-9-14(2,3)4/h12-13H,5-11H2,1-4H3. The lowest BCUT2D eigenvalue weighted by Gasteiger charge is -2.26. The van der Waals surface area contributed by atoms with Crippen molar-refractivity contribution in [2.75, 3.05) is 13.2 Å². The van der Waals surface area contributed by atoms with E-state index in [1.165, 1.54) is 32.1 Å². The molecule has 1 rings (SSSR count). The van der Waals surface area contributed by atoms with Crippen molar-refractivity contribution in [1.29, 1.82) is 0 Å². The van der Waals surface area contributed by atoms with Crippen molar-refractivity contribution in [1.82, 2.24) is 0 Å². The lowest BCUT2D eigenvalue weighted by atomic mass is 9.83. The molecule has 0 spiro atoms. The van der Waals surface area contributed by atoms with Gasteiger partial charge in [-0.2, -0.15) is 0 Å². The Kier molecular flexibility index (Phi) is 5.11. The van der Waals surface area contributed by atoms with Crippen LogP contribution in [0.3, 0.4) is 0 Å². The van der Waals surface area contributed by atoms with E-state index in [1.54, 1.807) is 0 Å². The van der Waals surface area contributed by atoms with Crippen molar-refractivity contribution >= 4 is 0 Å². The average Bonchev–Trinajstić information content (AvgIpc) is 2.14. The second-order valence-corrected chi connectivity index (χ2v) is 6.51. The van der Waals surface area contributed by atoms with Gasteiger partial charge in [0, 0.05) is 13.2 Å². The molecular formula is C14H28O. The van der Waals surface area contributed by atoms with E-state index in [0.29, 0.717) is 5.41 Å². The van der Waals surface area contributed by atoms with Gasteiger partial charge in [-0.15, -0.1) is 0 Å². The van der Waals surface area contributed by atoms with Crippen LogP contribution in [0.4, 0.5) is 0 Å². The van der Waals surface area contributed by atoms with E-state index < -0.39 is 0 Å². The minimum absolute atomic E-state index is 0.418. The summed E-state index contributed by atoms with van der Waals surface area (Å²) in [5, 5.41) is 0. The van der Waals surface area contributed by atoms with Gasteiger partial charge in [-0.3, -0.25) is 0 Å². The first-order valence-electron chi connectivity index (χ1n) is 6.55. The largest absolute Gasteiger partial charge is 0.381 e. The normalized spacial score (nSPS) is 28.0. The molecule has 1 aliphatic rings. The van der Waals surface area contributed by atoms with Crippen molar-refractivity contribution < 1.29 is 4.74 Å². The molecule has 1 fully saturated rings. The fourth-order valence-electron chi connectivity index (χ4n) is 2.12. The summed E-state index contributed by atoms with van der Waals surface area (Å²) in [4.78, 5) is 0. The SMILES string of the molecule is CC1CCC(COCCC(C)(C)C)CC1. The van der Waals surface area contributed by atoms with Crippen molar-refractivity contribution in [3.05, 3.63) is 0 Å². The van der Waals surface area contributed by atoms with Gasteiger partial charge in [0.1, 0.15) is 0 Å². The second-order valence-electron chi connectivity index (χ2n) is 6.51. The molecule has 0 aliphatic heterocycles. The number of ether oxygens (including phenoxy) is 1. The van der Waals surface area contributed by atoms with E-state index in [1.807, 2.05) is 0 Å². The van der Waals surface area contributed by atoms with Crippen molar-refractivity contribution in [3.63, 3.8) is 0 Å². The molecule has 90 valence electrons.